The number of hydrogen-bond acceptors (Lipinski definition) is 5. The first-order valence-corrected chi connectivity index (χ1v) is 7.54. The third-order valence-electron chi connectivity index (χ3n) is 3.42. The molecule has 8 heteroatoms. The number of aromatic nitrogens is 2. The van der Waals surface area contributed by atoms with E-state index in [9.17, 15) is 13.6 Å². The molecular weight excluding hydrogens is 342 g/mol. The lowest BCUT2D eigenvalue weighted by Crippen LogP contribution is -2.14. The van der Waals surface area contributed by atoms with Gasteiger partial charge in [0.05, 0.1) is 19.5 Å². The summed E-state index contributed by atoms with van der Waals surface area (Å²) in [6, 6.07) is 10.2. The Hall–Kier alpha value is -3.55. The minimum Gasteiger partial charge on any atom is -0.497 e. The fourth-order valence-corrected chi connectivity index (χ4v) is 2.10. The van der Waals surface area contributed by atoms with E-state index in [1.807, 2.05) is 0 Å². The number of ether oxygens (including phenoxy) is 1. The van der Waals surface area contributed by atoms with Gasteiger partial charge in [0.2, 0.25) is 0 Å². The summed E-state index contributed by atoms with van der Waals surface area (Å²) in [7, 11) is 1.55. The quantitative estimate of drug-likeness (QED) is 0.728. The van der Waals surface area contributed by atoms with Gasteiger partial charge in [-0.1, -0.05) is 0 Å². The summed E-state index contributed by atoms with van der Waals surface area (Å²) >= 11 is 0. The number of anilines is 3. The van der Waals surface area contributed by atoms with Crippen molar-refractivity contribution in [1.82, 2.24) is 9.97 Å². The molecule has 3 aromatic rings. The molecule has 0 saturated heterocycles. The van der Waals surface area contributed by atoms with Crippen molar-refractivity contribution in [1.29, 1.82) is 0 Å². The Bertz CT molecular complexity index is 915. The van der Waals surface area contributed by atoms with Gasteiger partial charge in [-0.3, -0.25) is 4.79 Å². The van der Waals surface area contributed by atoms with Crippen LogP contribution in [0.4, 0.5) is 26.0 Å². The second-order valence-corrected chi connectivity index (χ2v) is 5.22. The standard InChI is InChI=1S/C18H14F2N4O2/c1-26-13-5-2-11(3-6-13)24-18(25)16-9-22-17(10-21-16)23-12-4-7-14(19)15(20)8-12/h2-10H,1H3,(H,22,23)(H,24,25). The molecule has 0 aliphatic rings. The van der Waals surface area contributed by atoms with Crippen LogP contribution in [0.3, 0.4) is 0 Å². The highest BCUT2D eigenvalue weighted by Crippen LogP contribution is 2.18. The first-order valence-electron chi connectivity index (χ1n) is 7.54. The molecule has 26 heavy (non-hydrogen) atoms. The summed E-state index contributed by atoms with van der Waals surface area (Å²) in [5.41, 5.74) is 1.01. The minimum absolute atomic E-state index is 0.108. The van der Waals surface area contributed by atoms with Crippen LogP contribution < -0.4 is 15.4 Å². The fourth-order valence-electron chi connectivity index (χ4n) is 2.10. The second-order valence-electron chi connectivity index (χ2n) is 5.22. The van der Waals surface area contributed by atoms with E-state index in [0.717, 1.165) is 12.1 Å². The molecule has 1 amide bonds. The fraction of sp³-hybridized carbons (Fsp3) is 0.0556. The van der Waals surface area contributed by atoms with Crippen LogP contribution >= 0.6 is 0 Å². The van der Waals surface area contributed by atoms with E-state index in [2.05, 4.69) is 20.6 Å². The smallest absolute Gasteiger partial charge is 0.275 e. The number of amides is 1. The Morgan fingerprint density at radius 3 is 2.31 bits per heavy atom. The summed E-state index contributed by atoms with van der Waals surface area (Å²) in [5.74, 6) is -1.37. The van der Waals surface area contributed by atoms with E-state index >= 15 is 0 Å². The van der Waals surface area contributed by atoms with Crippen LogP contribution in [-0.4, -0.2) is 23.0 Å². The molecule has 1 aromatic heterocycles. The molecule has 3 rings (SSSR count). The van der Waals surface area contributed by atoms with E-state index in [0.29, 0.717) is 17.1 Å². The number of methoxy groups -OCH3 is 1. The molecule has 132 valence electrons. The Kier molecular flexibility index (Phi) is 5.02. The zero-order valence-corrected chi connectivity index (χ0v) is 13.7. The zero-order chi connectivity index (χ0) is 18.5. The van der Waals surface area contributed by atoms with Crippen molar-refractivity contribution in [2.45, 2.75) is 0 Å². The van der Waals surface area contributed by atoms with Crippen LogP contribution in [0.2, 0.25) is 0 Å². The molecule has 1 heterocycles. The predicted octanol–water partition coefficient (Wildman–Crippen LogP) is 3.76. The molecule has 0 aliphatic carbocycles. The molecule has 0 aliphatic heterocycles. The number of benzene rings is 2. The molecular formula is C18H14F2N4O2. The van der Waals surface area contributed by atoms with Crippen molar-refractivity contribution in [3.8, 4) is 5.75 Å². The van der Waals surface area contributed by atoms with Crippen LogP contribution in [0, 0.1) is 11.6 Å². The van der Waals surface area contributed by atoms with Gasteiger partial charge in [0, 0.05) is 17.4 Å². The van der Waals surface area contributed by atoms with Crippen molar-refractivity contribution < 1.29 is 18.3 Å². The third-order valence-corrected chi connectivity index (χ3v) is 3.42. The number of carbonyl (C=O) groups excluding carboxylic acids is 1. The normalized spacial score (nSPS) is 10.3. The Morgan fingerprint density at radius 2 is 1.69 bits per heavy atom. The van der Waals surface area contributed by atoms with Gasteiger partial charge in [0.25, 0.3) is 5.91 Å². The lowest BCUT2D eigenvalue weighted by Gasteiger charge is -2.08. The summed E-state index contributed by atoms with van der Waals surface area (Å²) in [5, 5.41) is 5.46. The second kappa shape index (κ2) is 7.56. The van der Waals surface area contributed by atoms with Gasteiger partial charge >= 0.3 is 0 Å². The van der Waals surface area contributed by atoms with Crippen molar-refractivity contribution >= 4 is 23.1 Å². The van der Waals surface area contributed by atoms with Gasteiger partial charge < -0.3 is 15.4 Å². The highest BCUT2D eigenvalue weighted by Gasteiger charge is 2.09. The van der Waals surface area contributed by atoms with Crippen molar-refractivity contribution in [2.75, 3.05) is 17.7 Å². The van der Waals surface area contributed by atoms with E-state index in [1.54, 1.807) is 31.4 Å². The lowest BCUT2D eigenvalue weighted by atomic mass is 10.3. The molecule has 0 unspecified atom stereocenters. The summed E-state index contributed by atoms with van der Waals surface area (Å²) in [6.07, 6.45) is 2.60. The predicted molar refractivity (Wildman–Crippen MR) is 92.6 cm³/mol. The zero-order valence-electron chi connectivity index (χ0n) is 13.7. The molecule has 0 bridgehead atoms. The number of halogens is 2. The van der Waals surface area contributed by atoms with Gasteiger partial charge in [-0.05, 0) is 36.4 Å². The van der Waals surface area contributed by atoms with Crippen LogP contribution in [0.5, 0.6) is 5.75 Å². The van der Waals surface area contributed by atoms with Gasteiger partial charge in [0.1, 0.15) is 17.3 Å². The van der Waals surface area contributed by atoms with Crippen molar-refractivity contribution in [3.63, 3.8) is 0 Å². The average Bonchev–Trinajstić information content (AvgIpc) is 2.66. The monoisotopic (exact) mass is 356 g/mol. The largest absolute Gasteiger partial charge is 0.497 e. The van der Waals surface area contributed by atoms with E-state index < -0.39 is 17.5 Å². The maximum atomic E-state index is 13.2. The molecule has 2 N–H and O–H groups in total. The Morgan fingerprint density at radius 1 is 0.962 bits per heavy atom. The number of rotatable bonds is 5. The molecule has 0 atom stereocenters. The molecule has 2 aromatic carbocycles. The SMILES string of the molecule is COc1ccc(NC(=O)c2cnc(Nc3ccc(F)c(F)c3)cn2)cc1. The van der Waals surface area contributed by atoms with Crippen molar-refractivity contribution in [2.24, 2.45) is 0 Å². The topological polar surface area (TPSA) is 76.1 Å². The maximum Gasteiger partial charge on any atom is 0.275 e. The molecule has 6 nitrogen and oxygen atoms in total. The van der Waals surface area contributed by atoms with E-state index in [-0.39, 0.29) is 11.5 Å². The number of nitrogens with zero attached hydrogens (tertiary/aromatic N) is 2. The van der Waals surface area contributed by atoms with Crippen LogP contribution in [0.15, 0.2) is 54.9 Å². The van der Waals surface area contributed by atoms with Crippen LogP contribution in [0.25, 0.3) is 0 Å². The van der Waals surface area contributed by atoms with Gasteiger partial charge in [-0.2, -0.15) is 0 Å². The van der Waals surface area contributed by atoms with Crippen molar-refractivity contribution in [3.05, 3.63) is 72.2 Å². The third kappa shape index (κ3) is 4.10. The van der Waals surface area contributed by atoms with E-state index in [4.69, 9.17) is 4.74 Å². The summed E-state index contributed by atoms with van der Waals surface area (Å²) in [4.78, 5) is 20.2. The lowest BCUT2D eigenvalue weighted by molar-refractivity contribution is 0.102. The molecule has 0 fully saturated rings. The summed E-state index contributed by atoms with van der Waals surface area (Å²) in [6.45, 7) is 0. The van der Waals surface area contributed by atoms with Crippen LogP contribution in [-0.2, 0) is 0 Å². The first-order chi connectivity index (χ1) is 12.5. The Labute approximate surface area is 147 Å². The number of nitrogens with one attached hydrogen (secondary N) is 2. The molecule has 0 radical (unpaired) electrons. The average molecular weight is 356 g/mol. The highest BCUT2D eigenvalue weighted by molar-refractivity contribution is 6.02. The molecule has 0 saturated carbocycles. The minimum atomic E-state index is -0.974. The number of hydrogen-bond donors (Lipinski definition) is 2. The molecule has 0 spiro atoms. The summed E-state index contributed by atoms with van der Waals surface area (Å²) < 4.78 is 31.2. The maximum absolute atomic E-state index is 13.2. The number of carbonyl (C=O) groups is 1. The van der Waals surface area contributed by atoms with E-state index in [1.165, 1.54) is 18.5 Å². The van der Waals surface area contributed by atoms with Gasteiger partial charge in [-0.15, -0.1) is 0 Å². The Balaban J connectivity index is 1.66. The van der Waals surface area contributed by atoms with Gasteiger partial charge in [0.15, 0.2) is 11.6 Å². The van der Waals surface area contributed by atoms with Gasteiger partial charge in [-0.25, -0.2) is 18.7 Å². The first kappa shape index (κ1) is 17.3. The van der Waals surface area contributed by atoms with Crippen LogP contribution in [0.1, 0.15) is 10.5 Å². The highest BCUT2D eigenvalue weighted by atomic mass is 19.2.